The summed E-state index contributed by atoms with van der Waals surface area (Å²) in [6.07, 6.45) is 1.19. The van der Waals surface area contributed by atoms with Crippen LogP contribution < -0.4 is 21.3 Å². The molecule has 1 amide bonds. The number of nitriles is 1. The fourth-order valence-electron chi connectivity index (χ4n) is 2.18. The number of hydrogen-bond donors (Lipinski definition) is 1. The van der Waals surface area contributed by atoms with Gasteiger partial charge in [-0.3, -0.25) is 14.2 Å². The zero-order chi connectivity index (χ0) is 17.7. The molecule has 0 aliphatic heterocycles. The van der Waals surface area contributed by atoms with Gasteiger partial charge < -0.3 is 10.1 Å². The Labute approximate surface area is 137 Å². The summed E-state index contributed by atoms with van der Waals surface area (Å²) in [7, 11) is 1.46. The summed E-state index contributed by atoms with van der Waals surface area (Å²) in [6, 6.07) is 8.50. The molecule has 0 aliphatic rings. The van der Waals surface area contributed by atoms with Crippen molar-refractivity contribution in [3.8, 4) is 11.8 Å². The minimum Gasteiger partial charge on any atom is -0.495 e. The van der Waals surface area contributed by atoms with Gasteiger partial charge in [0.05, 0.1) is 12.8 Å². The van der Waals surface area contributed by atoms with Crippen LogP contribution >= 0.6 is 0 Å². The van der Waals surface area contributed by atoms with Gasteiger partial charge in [-0.1, -0.05) is 12.1 Å². The number of carbonyl (C=O) groups excluding carboxylic acids is 1. The van der Waals surface area contributed by atoms with Crippen molar-refractivity contribution in [1.29, 1.82) is 5.26 Å². The fourth-order valence-corrected chi connectivity index (χ4v) is 2.18. The molecule has 1 heterocycles. The topological polar surface area (TPSA) is 106 Å². The van der Waals surface area contributed by atoms with Gasteiger partial charge in [0.15, 0.2) is 0 Å². The Bertz CT molecular complexity index is 921. The molecule has 0 saturated heterocycles. The molecule has 24 heavy (non-hydrogen) atoms. The molecule has 124 valence electrons. The molecule has 2 rings (SSSR count). The molecule has 0 bridgehead atoms. The minimum absolute atomic E-state index is 0.193. The first-order valence-electron chi connectivity index (χ1n) is 7.19. The van der Waals surface area contributed by atoms with Gasteiger partial charge in [-0.15, -0.1) is 0 Å². The van der Waals surface area contributed by atoms with Crippen molar-refractivity contribution < 1.29 is 9.53 Å². The van der Waals surface area contributed by atoms with Crippen LogP contribution in [0.1, 0.15) is 12.5 Å². The van der Waals surface area contributed by atoms with E-state index in [0.29, 0.717) is 11.4 Å². The smallest absolute Gasteiger partial charge is 0.331 e. The van der Waals surface area contributed by atoms with E-state index in [-0.39, 0.29) is 12.1 Å². The van der Waals surface area contributed by atoms with E-state index in [9.17, 15) is 14.4 Å². The standard InChI is InChI=1S/C16H16N4O4/c1-3-19-9-11(8-17)15(22)20(16(19)23)10-14(21)18-12-6-4-5-7-13(12)24-2/h4-7,9H,3,10H2,1-2H3,(H,18,21). The van der Waals surface area contributed by atoms with E-state index in [1.807, 2.05) is 0 Å². The number of rotatable bonds is 5. The number of anilines is 1. The molecular formula is C16H16N4O4. The van der Waals surface area contributed by atoms with Crippen molar-refractivity contribution in [2.45, 2.75) is 20.0 Å². The number of aryl methyl sites for hydroxylation is 1. The van der Waals surface area contributed by atoms with Gasteiger partial charge in [0.1, 0.15) is 23.9 Å². The van der Waals surface area contributed by atoms with E-state index in [1.54, 1.807) is 37.3 Å². The predicted molar refractivity (Wildman–Crippen MR) is 87.0 cm³/mol. The Morgan fingerprint density at radius 1 is 1.33 bits per heavy atom. The number of para-hydroxylation sites is 2. The van der Waals surface area contributed by atoms with Crippen molar-refractivity contribution >= 4 is 11.6 Å². The Morgan fingerprint density at radius 2 is 2.04 bits per heavy atom. The average molecular weight is 328 g/mol. The molecule has 8 heteroatoms. The lowest BCUT2D eigenvalue weighted by molar-refractivity contribution is -0.116. The number of hydrogen-bond acceptors (Lipinski definition) is 5. The maximum Gasteiger partial charge on any atom is 0.331 e. The van der Waals surface area contributed by atoms with Crippen LogP contribution in [0.25, 0.3) is 0 Å². The second-order valence-corrected chi connectivity index (χ2v) is 4.86. The highest BCUT2D eigenvalue weighted by Gasteiger charge is 2.14. The summed E-state index contributed by atoms with van der Waals surface area (Å²) in [5.41, 5.74) is -1.20. The predicted octanol–water partition coefficient (Wildman–Crippen LogP) is 0.549. The average Bonchev–Trinajstić information content (AvgIpc) is 2.59. The van der Waals surface area contributed by atoms with E-state index < -0.39 is 23.7 Å². The first-order chi connectivity index (χ1) is 11.5. The normalized spacial score (nSPS) is 10.0. The molecule has 1 N–H and O–H groups in total. The van der Waals surface area contributed by atoms with Gasteiger partial charge in [-0.2, -0.15) is 5.26 Å². The molecule has 0 radical (unpaired) electrons. The maximum atomic E-state index is 12.2. The van der Waals surface area contributed by atoms with Crippen LogP contribution in [0.3, 0.4) is 0 Å². The lowest BCUT2D eigenvalue weighted by Gasteiger charge is -2.11. The van der Waals surface area contributed by atoms with Crippen LogP contribution in [0.4, 0.5) is 5.69 Å². The van der Waals surface area contributed by atoms with Crippen LogP contribution in [-0.2, 0) is 17.9 Å². The Kier molecular flexibility index (Phi) is 5.16. The van der Waals surface area contributed by atoms with Crippen molar-refractivity contribution in [3.63, 3.8) is 0 Å². The molecule has 8 nitrogen and oxygen atoms in total. The van der Waals surface area contributed by atoms with E-state index >= 15 is 0 Å². The molecular weight excluding hydrogens is 312 g/mol. The number of carbonyl (C=O) groups is 1. The Morgan fingerprint density at radius 3 is 2.67 bits per heavy atom. The number of benzene rings is 1. The van der Waals surface area contributed by atoms with E-state index in [2.05, 4.69) is 5.32 Å². The lowest BCUT2D eigenvalue weighted by Crippen LogP contribution is -2.43. The molecule has 0 saturated carbocycles. The molecule has 0 spiro atoms. The van der Waals surface area contributed by atoms with Crippen LogP contribution in [0.15, 0.2) is 40.1 Å². The third kappa shape index (κ3) is 3.35. The van der Waals surface area contributed by atoms with Crippen molar-refractivity contribution in [2.75, 3.05) is 12.4 Å². The summed E-state index contributed by atoms with van der Waals surface area (Å²) in [4.78, 5) is 36.5. The van der Waals surface area contributed by atoms with E-state index in [1.165, 1.54) is 17.9 Å². The molecule has 2 aromatic rings. The monoisotopic (exact) mass is 328 g/mol. The van der Waals surface area contributed by atoms with Crippen molar-refractivity contribution in [1.82, 2.24) is 9.13 Å². The first kappa shape index (κ1) is 17.0. The zero-order valence-electron chi connectivity index (χ0n) is 13.3. The summed E-state index contributed by atoms with van der Waals surface area (Å²) in [6.45, 7) is 1.49. The summed E-state index contributed by atoms with van der Waals surface area (Å²) < 4.78 is 7.07. The van der Waals surface area contributed by atoms with Gasteiger partial charge in [-0.25, -0.2) is 9.36 Å². The second-order valence-electron chi connectivity index (χ2n) is 4.86. The highest BCUT2D eigenvalue weighted by molar-refractivity contribution is 5.92. The van der Waals surface area contributed by atoms with Gasteiger partial charge >= 0.3 is 5.69 Å². The highest BCUT2D eigenvalue weighted by Crippen LogP contribution is 2.22. The number of ether oxygens (including phenoxy) is 1. The molecule has 0 fully saturated rings. The second kappa shape index (κ2) is 7.28. The van der Waals surface area contributed by atoms with Crippen LogP contribution in [0, 0.1) is 11.3 Å². The number of methoxy groups -OCH3 is 1. The van der Waals surface area contributed by atoms with Gasteiger partial charge in [0.2, 0.25) is 5.91 Å². The van der Waals surface area contributed by atoms with Crippen molar-refractivity contribution in [2.24, 2.45) is 0 Å². The highest BCUT2D eigenvalue weighted by atomic mass is 16.5. The van der Waals surface area contributed by atoms with Gasteiger partial charge in [0, 0.05) is 12.7 Å². The van der Waals surface area contributed by atoms with E-state index in [4.69, 9.17) is 10.00 Å². The summed E-state index contributed by atoms with van der Waals surface area (Å²) in [5.74, 6) is -0.119. The maximum absolute atomic E-state index is 12.2. The molecule has 0 atom stereocenters. The third-order valence-electron chi connectivity index (χ3n) is 3.38. The quantitative estimate of drug-likeness (QED) is 0.862. The summed E-state index contributed by atoms with van der Waals surface area (Å²) >= 11 is 0. The third-order valence-corrected chi connectivity index (χ3v) is 3.38. The largest absolute Gasteiger partial charge is 0.495 e. The first-order valence-corrected chi connectivity index (χ1v) is 7.19. The van der Waals surface area contributed by atoms with Crippen LogP contribution in [-0.4, -0.2) is 22.2 Å². The number of amides is 1. The Balaban J connectivity index is 2.34. The van der Waals surface area contributed by atoms with E-state index in [0.717, 1.165) is 4.57 Å². The zero-order valence-corrected chi connectivity index (χ0v) is 13.3. The fraction of sp³-hybridized carbons (Fsp3) is 0.250. The molecule has 0 aliphatic carbocycles. The van der Waals surface area contributed by atoms with Gasteiger partial charge in [0.25, 0.3) is 5.56 Å². The van der Waals surface area contributed by atoms with Crippen LogP contribution in [0.2, 0.25) is 0 Å². The lowest BCUT2D eigenvalue weighted by atomic mass is 10.3. The number of aromatic nitrogens is 2. The summed E-state index contributed by atoms with van der Waals surface area (Å²) in [5, 5.41) is 11.6. The number of nitrogens with zero attached hydrogens (tertiary/aromatic N) is 3. The molecule has 1 aromatic heterocycles. The SMILES string of the molecule is CCn1cc(C#N)c(=O)n(CC(=O)Nc2ccccc2OC)c1=O. The molecule has 1 aromatic carbocycles. The van der Waals surface area contributed by atoms with Crippen LogP contribution in [0.5, 0.6) is 5.75 Å². The van der Waals surface area contributed by atoms with Gasteiger partial charge in [-0.05, 0) is 19.1 Å². The molecule has 0 unspecified atom stereocenters. The Hall–Kier alpha value is -3.34. The minimum atomic E-state index is -0.789. The number of nitrogens with one attached hydrogen (secondary N) is 1. The van der Waals surface area contributed by atoms with Crippen molar-refractivity contribution in [3.05, 3.63) is 56.9 Å².